The lowest BCUT2D eigenvalue weighted by Crippen LogP contribution is -2.63. The molecule has 2 aromatic carbocycles. The SMILES string of the molecule is CCC1OC(N2CN(C(=O)OCc3ccccc3)C(=NC(=O)OCc3ccccc3)NC2=O)CC1C. The van der Waals surface area contributed by atoms with Gasteiger partial charge in [0.1, 0.15) is 26.1 Å². The summed E-state index contributed by atoms with van der Waals surface area (Å²) in [7, 11) is 0. The first kappa shape index (κ1) is 25.2. The third kappa shape index (κ3) is 6.19. The Morgan fingerprint density at radius 2 is 1.64 bits per heavy atom. The second kappa shape index (κ2) is 11.7. The number of nitrogens with zero attached hydrogens (tertiary/aromatic N) is 3. The highest BCUT2D eigenvalue weighted by Gasteiger charge is 2.42. The van der Waals surface area contributed by atoms with Gasteiger partial charge in [0, 0.05) is 0 Å². The van der Waals surface area contributed by atoms with E-state index < -0.39 is 24.4 Å². The Morgan fingerprint density at radius 1 is 1.03 bits per heavy atom. The van der Waals surface area contributed by atoms with Crippen molar-refractivity contribution in [3.63, 3.8) is 0 Å². The van der Waals surface area contributed by atoms with E-state index in [-0.39, 0.29) is 37.9 Å². The first-order valence-electron chi connectivity index (χ1n) is 11.9. The summed E-state index contributed by atoms with van der Waals surface area (Å²) in [6.45, 7) is 3.93. The first-order valence-corrected chi connectivity index (χ1v) is 11.9. The van der Waals surface area contributed by atoms with Crippen LogP contribution in [0.3, 0.4) is 0 Å². The molecule has 2 heterocycles. The van der Waals surface area contributed by atoms with Gasteiger partial charge in [-0.15, -0.1) is 4.99 Å². The van der Waals surface area contributed by atoms with Crippen LogP contribution in [0.5, 0.6) is 0 Å². The van der Waals surface area contributed by atoms with Crippen molar-refractivity contribution in [1.82, 2.24) is 15.1 Å². The van der Waals surface area contributed by atoms with Crippen molar-refractivity contribution in [3.8, 4) is 0 Å². The zero-order valence-electron chi connectivity index (χ0n) is 20.3. The van der Waals surface area contributed by atoms with Crippen LogP contribution in [-0.4, -0.2) is 53.0 Å². The van der Waals surface area contributed by atoms with E-state index in [2.05, 4.69) is 17.2 Å². The number of hydrogen-bond acceptors (Lipinski definition) is 6. The smallest absolute Gasteiger partial charge is 0.437 e. The molecule has 2 saturated heterocycles. The Kier molecular flexibility index (Phi) is 8.17. The molecular weight excluding hydrogens is 464 g/mol. The van der Waals surface area contributed by atoms with Crippen molar-refractivity contribution in [2.45, 2.75) is 52.2 Å². The van der Waals surface area contributed by atoms with Crippen LogP contribution >= 0.6 is 0 Å². The lowest BCUT2D eigenvalue weighted by atomic mass is 10.0. The van der Waals surface area contributed by atoms with Gasteiger partial charge in [0.05, 0.1) is 6.10 Å². The molecule has 2 fully saturated rings. The molecule has 1 N–H and O–H groups in total. The molecule has 2 aliphatic rings. The van der Waals surface area contributed by atoms with Gasteiger partial charge in [0.25, 0.3) is 0 Å². The van der Waals surface area contributed by atoms with Crippen LogP contribution in [0.15, 0.2) is 65.7 Å². The van der Waals surface area contributed by atoms with Crippen molar-refractivity contribution in [2.24, 2.45) is 10.9 Å². The molecule has 190 valence electrons. The van der Waals surface area contributed by atoms with Gasteiger partial charge < -0.3 is 14.2 Å². The molecular formula is C26H30N4O6. The third-order valence-electron chi connectivity index (χ3n) is 6.15. The van der Waals surface area contributed by atoms with E-state index >= 15 is 0 Å². The van der Waals surface area contributed by atoms with E-state index in [1.54, 1.807) is 12.1 Å². The van der Waals surface area contributed by atoms with E-state index in [9.17, 15) is 14.4 Å². The molecule has 3 unspecified atom stereocenters. The Morgan fingerprint density at radius 3 is 2.22 bits per heavy atom. The van der Waals surface area contributed by atoms with Crippen LogP contribution in [0.2, 0.25) is 0 Å². The highest BCUT2D eigenvalue weighted by atomic mass is 16.6. The van der Waals surface area contributed by atoms with Crippen LogP contribution in [0, 0.1) is 5.92 Å². The average molecular weight is 495 g/mol. The van der Waals surface area contributed by atoms with Gasteiger partial charge in [0.2, 0.25) is 5.96 Å². The van der Waals surface area contributed by atoms with Crippen LogP contribution in [0.25, 0.3) is 0 Å². The second-order valence-electron chi connectivity index (χ2n) is 8.74. The second-order valence-corrected chi connectivity index (χ2v) is 8.74. The third-order valence-corrected chi connectivity index (χ3v) is 6.15. The minimum absolute atomic E-state index is 0.00118. The summed E-state index contributed by atoms with van der Waals surface area (Å²) in [4.78, 5) is 44.7. The molecule has 36 heavy (non-hydrogen) atoms. The van der Waals surface area contributed by atoms with Crippen molar-refractivity contribution in [1.29, 1.82) is 0 Å². The molecule has 10 heteroatoms. The number of benzene rings is 2. The maximum atomic E-state index is 13.0. The number of amides is 4. The van der Waals surface area contributed by atoms with Crippen LogP contribution in [0.1, 0.15) is 37.8 Å². The number of carbonyl (C=O) groups is 3. The number of carbonyl (C=O) groups excluding carboxylic acids is 3. The molecule has 2 aromatic rings. The summed E-state index contributed by atoms with van der Waals surface area (Å²) in [5.41, 5.74) is 1.57. The average Bonchev–Trinajstić information content (AvgIpc) is 3.27. The van der Waals surface area contributed by atoms with Gasteiger partial charge in [-0.3, -0.25) is 10.2 Å². The number of nitrogens with one attached hydrogen (secondary N) is 1. The highest BCUT2D eigenvalue weighted by Crippen LogP contribution is 2.31. The summed E-state index contributed by atoms with van der Waals surface area (Å²) in [5.74, 6) is -0.000212. The molecule has 0 radical (unpaired) electrons. The molecule has 0 saturated carbocycles. The molecule has 0 bridgehead atoms. The fraction of sp³-hybridized carbons (Fsp3) is 0.385. The van der Waals surface area contributed by atoms with Crippen LogP contribution in [-0.2, 0) is 27.4 Å². The number of rotatable bonds is 6. The minimum Gasteiger partial charge on any atom is -0.444 e. The van der Waals surface area contributed by atoms with Gasteiger partial charge in [-0.2, -0.15) is 0 Å². The van der Waals surface area contributed by atoms with Crippen molar-refractivity contribution >= 4 is 24.2 Å². The lowest BCUT2D eigenvalue weighted by Gasteiger charge is -2.38. The Hall–Kier alpha value is -3.92. The zero-order valence-corrected chi connectivity index (χ0v) is 20.3. The fourth-order valence-corrected chi connectivity index (χ4v) is 4.17. The van der Waals surface area contributed by atoms with E-state index in [4.69, 9.17) is 14.2 Å². The van der Waals surface area contributed by atoms with Gasteiger partial charge in [-0.25, -0.2) is 19.3 Å². The lowest BCUT2D eigenvalue weighted by molar-refractivity contribution is -0.0507. The number of hydrogen-bond donors (Lipinski definition) is 1. The Labute approximate surface area is 209 Å². The van der Waals surface area contributed by atoms with Gasteiger partial charge >= 0.3 is 18.2 Å². The predicted molar refractivity (Wildman–Crippen MR) is 130 cm³/mol. The number of guanidine groups is 1. The predicted octanol–water partition coefficient (Wildman–Crippen LogP) is 4.46. The summed E-state index contributed by atoms with van der Waals surface area (Å²) < 4.78 is 16.7. The number of aliphatic imine (C=N–C) groups is 1. The Bertz CT molecular complexity index is 1090. The molecule has 4 amide bonds. The summed E-state index contributed by atoms with van der Waals surface area (Å²) in [5, 5.41) is 2.53. The largest absolute Gasteiger partial charge is 0.444 e. The quantitative estimate of drug-likeness (QED) is 0.635. The standard InChI is InChI=1S/C26H30N4O6/c1-3-21-18(2)14-22(36-21)29-17-30(26(33)35-16-20-12-8-5-9-13-20)23(27-24(29)31)28-25(32)34-15-19-10-6-4-7-11-19/h4-13,18,21-22H,3,14-17H2,1-2H3,(H,27,28,31,32). The molecule has 0 aromatic heterocycles. The molecule has 3 atom stereocenters. The molecule has 0 aliphatic carbocycles. The molecule has 4 rings (SSSR count). The van der Waals surface area contributed by atoms with Crippen molar-refractivity contribution < 1.29 is 28.6 Å². The highest BCUT2D eigenvalue weighted by molar-refractivity contribution is 6.07. The van der Waals surface area contributed by atoms with E-state index in [1.165, 1.54) is 4.90 Å². The molecule has 0 spiro atoms. The van der Waals surface area contributed by atoms with Gasteiger partial charge in [-0.05, 0) is 29.9 Å². The van der Waals surface area contributed by atoms with E-state index in [0.29, 0.717) is 6.42 Å². The normalized spacial score (nSPS) is 22.9. The van der Waals surface area contributed by atoms with E-state index in [0.717, 1.165) is 22.4 Å². The van der Waals surface area contributed by atoms with Gasteiger partial charge in [0.15, 0.2) is 0 Å². The monoisotopic (exact) mass is 494 g/mol. The molecule has 2 aliphatic heterocycles. The van der Waals surface area contributed by atoms with Crippen molar-refractivity contribution in [2.75, 3.05) is 6.67 Å². The number of urea groups is 1. The molecule has 10 nitrogen and oxygen atoms in total. The maximum Gasteiger partial charge on any atom is 0.437 e. The maximum absolute atomic E-state index is 13.0. The number of ether oxygens (including phenoxy) is 3. The van der Waals surface area contributed by atoms with Crippen LogP contribution in [0.4, 0.5) is 14.4 Å². The van der Waals surface area contributed by atoms with Crippen molar-refractivity contribution in [3.05, 3.63) is 71.8 Å². The topological polar surface area (TPSA) is 110 Å². The van der Waals surface area contributed by atoms with Gasteiger partial charge in [-0.1, -0.05) is 74.5 Å². The van der Waals surface area contributed by atoms with E-state index in [1.807, 2.05) is 55.5 Å². The fourth-order valence-electron chi connectivity index (χ4n) is 4.17. The Balaban J connectivity index is 1.49. The summed E-state index contributed by atoms with van der Waals surface area (Å²) in [6, 6.07) is 17.8. The zero-order chi connectivity index (χ0) is 25.5. The first-order chi connectivity index (χ1) is 17.4. The summed E-state index contributed by atoms with van der Waals surface area (Å²) in [6.07, 6.45) is -0.762. The van der Waals surface area contributed by atoms with Crippen LogP contribution < -0.4 is 5.32 Å². The summed E-state index contributed by atoms with van der Waals surface area (Å²) >= 11 is 0. The minimum atomic E-state index is -0.944.